The molecule has 4 rings (SSSR count). The highest BCUT2D eigenvalue weighted by Crippen LogP contribution is 2.28. The molecule has 0 fully saturated rings. The van der Waals surface area contributed by atoms with Crippen molar-refractivity contribution in [3.63, 3.8) is 0 Å². The number of para-hydroxylation sites is 1. The van der Waals surface area contributed by atoms with Crippen molar-refractivity contribution in [2.75, 3.05) is 16.7 Å². The topological polar surface area (TPSA) is 98.0 Å². The molecule has 0 aliphatic rings. The van der Waals surface area contributed by atoms with Crippen LogP contribution in [-0.4, -0.2) is 26.8 Å². The number of carbonyl (C=O) groups is 1. The first-order chi connectivity index (χ1) is 17.8. The third-order valence-electron chi connectivity index (χ3n) is 5.16. The summed E-state index contributed by atoms with van der Waals surface area (Å²) in [6.45, 7) is 1.76. The zero-order chi connectivity index (χ0) is 26.5. The lowest BCUT2D eigenvalue weighted by Gasteiger charge is -2.08. The number of halogens is 3. The van der Waals surface area contributed by atoms with Gasteiger partial charge in [0.25, 0.3) is 0 Å². The number of allylic oxidation sites excluding steroid dienone is 4. The van der Waals surface area contributed by atoms with E-state index < -0.39 is 17.4 Å². The van der Waals surface area contributed by atoms with Gasteiger partial charge in [0.15, 0.2) is 0 Å². The van der Waals surface area contributed by atoms with Crippen LogP contribution in [0.15, 0.2) is 78.5 Å². The Morgan fingerprint density at radius 3 is 2.81 bits per heavy atom. The standard InChI is InChI=1S/C26H22ClF2N5O2S/c1-3-6-17(36-24-8-5-4-7-19(24)27)11-16(28)14-34-26(30)18(13-31-34)25(35)23-10-15-9-20(29)22(33-37-2)12-21(15)32-23/h3-14,32-33H,30H2,1-2H3/b6-3+,16-14-,17-11+. The molecule has 0 unspecified atom stereocenters. The summed E-state index contributed by atoms with van der Waals surface area (Å²) < 4.78 is 38.7. The summed E-state index contributed by atoms with van der Waals surface area (Å²) >= 11 is 7.37. The van der Waals surface area contributed by atoms with Gasteiger partial charge in [0, 0.05) is 23.2 Å². The van der Waals surface area contributed by atoms with E-state index in [4.69, 9.17) is 22.1 Å². The van der Waals surface area contributed by atoms with E-state index in [1.165, 1.54) is 30.3 Å². The molecule has 2 aromatic carbocycles. The third-order valence-corrected chi connectivity index (χ3v) is 5.90. The molecule has 0 aliphatic carbocycles. The van der Waals surface area contributed by atoms with Crippen LogP contribution in [0.5, 0.6) is 5.75 Å². The second-order valence-corrected chi connectivity index (χ2v) is 8.74. The van der Waals surface area contributed by atoms with Crippen molar-refractivity contribution in [1.82, 2.24) is 14.8 Å². The smallest absolute Gasteiger partial charge is 0.214 e. The minimum Gasteiger partial charge on any atom is -0.456 e. The highest BCUT2D eigenvalue weighted by molar-refractivity contribution is 7.99. The predicted molar refractivity (Wildman–Crippen MR) is 146 cm³/mol. The maximum absolute atomic E-state index is 14.8. The van der Waals surface area contributed by atoms with E-state index in [9.17, 15) is 13.6 Å². The molecule has 4 aromatic rings. The van der Waals surface area contributed by atoms with Crippen LogP contribution < -0.4 is 15.2 Å². The first-order valence-corrected chi connectivity index (χ1v) is 12.5. The molecule has 2 heterocycles. The average molecular weight is 542 g/mol. The minimum absolute atomic E-state index is 0.0588. The SMILES string of the molecule is C/C=C/C(=C\C(F)=C\n1ncc(C(=O)c2cc3cc(F)c(NSC)cc3[nH]2)c1N)Oc1ccccc1Cl. The van der Waals surface area contributed by atoms with Crippen LogP contribution in [0.25, 0.3) is 17.1 Å². The zero-order valence-corrected chi connectivity index (χ0v) is 21.3. The lowest BCUT2D eigenvalue weighted by atomic mass is 10.1. The molecule has 0 spiro atoms. The van der Waals surface area contributed by atoms with Crippen molar-refractivity contribution in [1.29, 1.82) is 0 Å². The maximum atomic E-state index is 14.8. The van der Waals surface area contributed by atoms with Crippen LogP contribution in [0.1, 0.15) is 23.0 Å². The number of aromatic amines is 1. The van der Waals surface area contributed by atoms with Crippen LogP contribution in [0, 0.1) is 5.82 Å². The van der Waals surface area contributed by atoms with E-state index in [-0.39, 0.29) is 28.5 Å². The van der Waals surface area contributed by atoms with Crippen molar-refractivity contribution in [3.05, 3.63) is 101 Å². The van der Waals surface area contributed by atoms with Gasteiger partial charge in [-0.3, -0.25) is 4.79 Å². The Hall–Kier alpha value is -4.02. The van der Waals surface area contributed by atoms with Crippen LogP contribution in [0.3, 0.4) is 0 Å². The number of hydrogen-bond donors (Lipinski definition) is 3. The van der Waals surface area contributed by atoms with Gasteiger partial charge in [-0.05, 0) is 43.3 Å². The van der Waals surface area contributed by atoms with E-state index in [0.717, 1.165) is 17.0 Å². The monoisotopic (exact) mass is 541 g/mol. The number of H-pyrrole nitrogens is 1. The fourth-order valence-corrected chi connectivity index (χ4v) is 4.03. The largest absolute Gasteiger partial charge is 0.456 e. The number of nitrogens with one attached hydrogen (secondary N) is 2. The number of hydrogen-bond acceptors (Lipinski definition) is 6. The molecule has 0 radical (unpaired) electrons. The second-order valence-electron chi connectivity index (χ2n) is 7.72. The summed E-state index contributed by atoms with van der Waals surface area (Å²) in [5, 5.41) is 4.91. The van der Waals surface area contributed by atoms with Gasteiger partial charge < -0.3 is 20.2 Å². The summed E-state index contributed by atoms with van der Waals surface area (Å²) in [5.74, 6) is -1.17. The van der Waals surface area contributed by atoms with Crippen molar-refractivity contribution in [2.24, 2.45) is 0 Å². The Labute approximate surface area is 220 Å². The van der Waals surface area contributed by atoms with E-state index in [1.807, 2.05) is 0 Å². The first-order valence-electron chi connectivity index (χ1n) is 10.9. The van der Waals surface area contributed by atoms with Crippen LogP contribution >= 0.6 is 23.5 Å². The lowest BCUT2D eigenvalue weighted by Crippen LogP contribution is -2.06. The fraction of sp³-hybridized carbons (Fsp3) is 0.0769. The summed E-state index contributed by atoms with van der Waals surface area (Å²) in [7, 11) is 0. The van der Waals surface area contributed by atoms with Crippen molar-refractivity contribution >= 4 is 57.9 Å². The van der Waals surface area contributed by atoms with Gasteiger partial charge in [-0.2, -0.15) is 5.10 Å². The number of nitrogens with zero attached hydrogens (tertiary/aromatic N) is 2. The van der Waals surface area contributed by atoms with Gasteiger partial charge in [-0.15, -0.1) is 0 Å². The van der Waals surface area contributed by atoms with Crippen molar-refractivity contribution in [2.45, 2.75) is 6.92 Å². The molecule has 0 bridgehead atoms. The predicted octanol–water partition coefficient (Wildman–Crippen LogP) is 6.97. The second kappa shape index (κ2) is 11.4. The van der Waals surface area contributed by atoms with Crippen LogP contribution in [0.2, 0.25) is 5.02 Å². The number of rotatable bonds is 9. The molecule has 4 N–H and O–H groups in total. The van der Waals surface area contributed by atoms with E-state index in [0.29, 0.717) is 21.7 Å². The number of nitrogen functional groups attached to an aromatic ring is 1. The van der Waals surface area contributed by atoms with Gasteiger partial charge in [-0.1, -0.05) is 41.8 Å². The number of benzene rings is 2. The molecule has 0 aliphatic heterocycles. The number of carbonyl (C=O) groups excluding carboxylic acids is 1. The summed E-state index contributed by atoms with van der Waals surface area (Å²) in [5.41, 5.74) is 7.21. The number of anilines is 2. The van der Waals surface area contributed by atoms with E-state index in [1.54, 1.807) is 55.7 Å². The lowest BCUT2D eigenvalue weighted by molar-refractivity contribution is 0.103. The Bertz CT molecular complexity index is 1560. The highest BCUT2D eigenvalue weighted by Gasteiger charge is 2.19. The normalized spacial score (nSPS) is 12.5. The maximum Gasteiger partial charge on any atom is 0.214 e. The fourth-order valence-electron chi connectivity index (χ4n) is 3.48. The van der Waals surface area contributed by atoms with Gasteiger partial charge in [0.2, 0.25) is 5.78 Å². The quantitative estimate of drug-likeness (QED) is 0.0916. The van der Waals surface area contributed by atoms with Gasteiger partial charge in [0.1, 0.15) is 29.0 Å². The summed E-state index contributed by atoms with van der Waals surface area (Å²) in [4.78, 5) is 16.1. The Morgan fingerprint density at radius 1 is 1.30 bits per heavy atom. The molecular weight excluding hydrogens is 520 g/mol. The first kappa shape index (κ1) is 26.1. The Morgan fingerprint density at radius 2 is 2.08 bits per heavy atom. The molecule has 2 aromatic heterocycles. The summed E-state index contributed by atoms with van der Waals surface area (Å²) in [6, 6.07) is 11.2. The Balaban J connectivity index is 1.59. The highest BCUT2D eigenvalue weighted by atomic mass is 35.5. The molecule has 190 valence electrons. The molecule has 7 nitrogen and oxygen atoms in total. The van der Waals surface area contributed by atoms with Gasteiger partial charge >= 0.3 is 0 Å². The molecule has 0 saturated carbocycles. The average Bonchev–Trinajstić information content (AvgIpc) is 3.43. The zero-order valence-electron chi connectivity index (χ0n) is 19.8. The number of aromatic nitrogens is 3. The van der Waals surface area contributed by atoms with Gasteiger partial charge in [0.05, 0.1) is 34.4 Å². The number of ether oxygens (including phenoxy) is 1. The van der Waals surface area contributed by atoms with Gasteiger partial charge in [-0.25, -0.2) is 13.5 Å². The number of fused-ring (bicyclic) bond motifs is 1. The van der Waals surface area contributed by atoms with E-state index >= 15 is 0 Å². The molecule has 11 heteroatoms. The molecular formula is C26H22ClF2N5O2S. The van der Waals surface area contributed by atoms with Crippen molar-refractivity contribution < 1.29 is 18.3 Å². The van der Waals surface area contributed by atoms with Crippen molar-refractivity contribution in [3.8, 4) is 5.75 Å². The molecule has 0 atom stereocenters. The third kappa shape index (κ3) is 5.87. The molecule has 0 amide bonds. The summed E-state index contributed by atoms with van der Waals surface area (Å²) in [6.07, 6.45) is 8.42. The molecule has 0 saturated heterocycles. The van der Waals surface area contributed by atoms with Crippen LogP contribution in [0.4, 0.5) is 20.3 Å². The molecule has 37 heavy (non-hydrogen) atoms. The van der Waals surface area contributed by atoms with E-state index in [2.05, 4.69) is 14.8 Å². The number of ketones is 1. The van der Waals surface area contributed by atoms with Crippen LogP contribution in [-0.2, 0) is 0 Å². The minimum atomic E-state index is -0.733. The Kier molecular flexibility index (Phi) is 8.00. The number of nitrogens with two attached hydrogens (primary N) is 1.